The van der Waals surface area contributed by atoms with Gasteiger partial charge in [-0.15, -0.1) is 0 Å². The highest BCUT2D eigenvalue weighted by Gasteiger charge is 2.20. The summed E-state index contributed by atoms with van der Waals surface area (Å²) in [5.74, 6) is 0.0604. The first-order valence-electron chi connectivity index (χ1n) is 7.61. The normalized spacial score (nSPS) is 13.4. The van der Waals surface area contributed by atoms with Crippen LogP contribution in [-0.4, -0.2) is 27.9 Å². The van der Waals surface area contributed by atoms with Crippen LogP contribution in [0, 0.1) is 0 Å². The Bertz CT molecular complexity index is 491. The molecule has 0 aromatic heterocycles. The van der Waals surface area contributed by atoms with Crippen LogP contribution in [0.1, 0.15) is 57.8 Å². The van der Waals surface area contributed by atoms with Gasteiger partial charge in [0.25, 0.3) is 0 Å². The fraction of sp³-hybridized carbons (Fsp3) is 0.529. The number of carbonyl (C=O) groups is 1. The molecule has 0 aliphatic carbocycles. The van der Waals surface area contributed by atoms with E-state index in [1.54, 1.807) is 6.92 Å². The molecule has 3 nitrogen and oxygen atoms in total. The minimum absolute atomic E-state index is 0.0604. The largest absolute Gasteiger partial charge is 0.344 e. The Hall–Kier alpha value is -1.42. The number of benzene rings is 1. The quantitative estimate of drug-likeness (QED) is 0.620. The summed E-state index contributed by atoms with van der Waals surface area (Å²) < 4.78 is 0. The molecule has 0 bridgehead atoms. The second kappa shape index (κ2) is 8.13. The zero-order valence-electron chi connectivity index (χ0n) is 13.6. The number of thiocarbonyl (C=S) groups is 1. The van der Waals surface area contributed by atoms with Gasteiger partial charge in [-0.05, 0) is 58.0 Å². The zero-order chi connectivity index (χ0) is 16.0. The minimum atomic E-state index is 0.0604. The molecule has 4 heteroatoms. The Morgan fingerprint density at radius 3 is 2.29 bits per heavy atom. The highest BCUT2D eigenvalue weighted by atomic mass is 32.1. The smallest absolute Gasteiger partial charge is 0.173 e. The Morgan fingerprint density at radius 1 is 1.24 bits per heavy atom. The van der Waals surface area contributed by atoms with Crippen molar-refractivity contribution in [3.05, 3.63) is 29.8 Å². The maximum Gasteiger partial charge on any atom is 0.173 e. The predicted molar refractivity (Wildman–Crippen MR) is 94.0 cm³/mol. The van der Waals surface area contributed by atoms with Crippen LogP contribution in [0.15, 0.2) is 24.3 Å². The molecule has 0 radical (unpaired) electrons. The van der Waals surface area contributed by atoms with Gasteiger partial charge in [-0.3, -0.25) is 4.79 Å². The fourth-order valence-electron chi connectivity index (χ4n) is 2.23. The summed E-state index contributed by atoms with van der Waals surface area (Å²) in [6.07, 6.45) is 2.08. The van der Waals surface area contributed by atoms with Crippen molar-refractivity contribution < 1.29 is 4.79 Å². The number of nitrogens with one attached hydrogen (secondary N) is 1. The van der Waals surface area contributed by atoms with Crippen LogP contribution >= 0.6 is 12.2 Å². The minimum Gasteiger partial charge on any atom is -0.344 e. The molecule has 1 N–H and O–H groups in total. The van der Waals surface area contributed by atoms with Gasteiger partial charge in [0.15, 0.2) is 10.9 Å². The molecule has 0 heterocycles. The van der Waals surface area contributed by atoms with Crippen molar-refractivity contribution in [2.75, 3.05) is 5.32 Å². The van der Waals surface area contributed by atoms with Gasteiger partial charge in [0, 0.05) is 23.3 Å². The summed E-state index contributed by atoms with van der Waals surface area (Å²) >= 11 is 5.58. The lowest BCUT2D eigenvalue weighted by atomic mass is 10.1. The van der Waals surface area contributed by atoms with Gasteiger partial charge < -0.3 is 10.2 Å². The fourth-order valence-corrected chi connectivity index (χ4v) is 2.71. The van der Waals surface area contributed by atoms with Gasteiger partial charge >= 0.3 is 0 Å². The highest BCUT2D eigenvalue weighted by Crippen LogP contribution is 2.17. The van der Waals surface area contributed by atoms with Crippen molar-refractivity contribution in [2.24, 2.45) is 0 Å². The molecular weight excluding hydrogens is 280 g/mol. The molecule has 0 aliphatic heterocycles. The van der Waals surface area contributed by atoms with Crippen molar-refractivity contribution in [3.63, 3.8) is 0 Å². The predicted octanol–water partition coefficient (Wildman–Crippen LogP) is 4.49. The van der Waals surface area contributed by atoms with E-state index in [2.05, 4.69) is 37.9 Å². The molecule has 0 spiro atoms. The van der Waals surface area contributed by atoms with E-state index in [9.17, 15) is 4.79 Å². The highest BCUT2D eigenvalue weighted by molar-refractivity contribution is 7.80. The van der Waals surface area contributed by atoms with Gasteiger partial charge in [-0.2, -0.15) is 0 Å². The summed E-state index contributed by atoms with van der Waals surface area (Å²) in [5.41, 5.74) is 1.56. The molecule has 0 aliphatic rings. The Labute approximate surface area is 133 Å². The molecule has 0 fully saturated rings. The van der Waals surface area contributed by atoms with Crippen LogP contribution in [-0.2, 0) is 0 Å². The van der Waals surface area contributed by atoms with Crippen molar-refractivity contribution >= 4 is 28.8 Å². The topological polar surface area (TPSA) is 32.3 Å². The summed E-state index contributed by atoms with van der Waals surface area (Å²) in [7, 11) is 0. The van der Waals surface area contributed by atoms with Crippen molar-refractivity contribution in [2.45, 2.75) is 59.5 Å². The van der Waals surface area contributed by atoms with E-state index in [0.29, 0.717) is 17.6 Å². The summed E-state index contributed by atoms with van der Waals surface area (Å²) in [4.78, 5) is 13.7. The second-order valence-corrected chi connectivity index (χ2v) is 5.88. The molecule has 1 rings (SSSR count). The lowest BCUT2D eigenvalue weighted by Gasteiger charge is -2.36. The molecule has 1 aromatic rings. The third-order valence-electron chi connectivity index (χ3n) is 3.89. The van der Waals surface area contributed by atoms with E-state index in [4.69, 9.17) is 12.2 Å². The van der Waals surface area contributed by atoms with Crippen molar-refractivity contribution in [1.29, 1.82) is 0 Å². The first-order valence-corrected chi connectivity index (χ1v) is 8.01. The Morgan fingerprint density at radius 2 is 1.81 bits per heavy atom. The average Bonchev–Trinajstić information content (AvgIpc) is 2.47. The average molecular weight is 306 g/mol. The number of anilines is 1. The first-order chi connectivity index (χ1) is 9.90. The van der Waals surface area contributed by atoms with E-state index in [-0.39, 0.29) is 5.78 Å². The number of hydrogen-bond acceptors (Lipinski definition) is 2. The SMILES string of the molecule is CCC(C)N(C(=S)Nc1cccc(C(C)=O)c1)C(C)CC. The van der Waals surface area contributed by atoms with Crippen LogP contribution in [0.2, 0.25) is 0 Å². The summed E-state index contributed by atoms with van der Waals surface area (Å²) in [5, 5.41) is 3.99. The molecular formula is C17H26N2OS. The molecule has 0 amide bonds. The molecule has 116 valence electrons. The van der Waals surface area contributed by atoms with E-state index < -0.39 is 0 Å². The lowest BCUT2D eigenvalue weighted by molar-refractivity contribution is 0.101. The Balaban J connectivity index is 2.91. The lowest BCUT2D eigenvalue weighted by Crippen LogP contribution is -2.46. The number of hydrogen-bond donors (Lipinski definition) is 1. The van der Waals surface area contributed by atoms with E-state index >= 15 is 0 Å². The van der Waals surface area contributed by atoms with Crippen LogP contribution in [0.5, 0.6) is 0 Å². The molecule has 0 saturated heterocycles. The van der Waals surface area contributed by atoms with Gasteiger partial charge in [0.1, 0.15) is 0 Å². The molecule has 2 unspecified atom stereocenters. The van der Waals surface area contributed by atoms with E-state index in [1.165, 1.54) is 0 Å². The summed E-state index contributed by atoms with van der Waals surface area (Å²) in [6, 6.07) is 8.24. The number of nitrogens with zero attached hydrogens (tertiary/aromatic N) is 1. The van der Waals surface area contributed by atoms with Crippen LogP contribution in [0.25, 0.3) is 0 Å². The van der Waals surface area contributed by atoms with Crippen LogP contribution in [0.4, 0.5) is 5.69 Å². The van der Waals surface area contributed by atoms with Crippen molar-refractivity contribution in [1.82, 2.24) is 4.90 Å². The number of ketones is 1. The molecule has 1 aromatic carbocycles. The van der Waals surface area contributed by atoms with Gasteiger partial charge in [-0.25, -0.2) is 0 Å². The second-order valence-electron chi connectivity index (χ2n) is 5.49. The molecule has 2 atom stereocenters. The zero-order valence-corrected chi connectivity index (χ0v) is 14.5. The molecule has 0 saturated carbocycles. The third kappa shape index (κ3) is 4.81. The third-order valence-corrected chi connectivity index (χ3v) is 4.20. The summed E-state index contributed by atoms with van der Waals surface area (Å²) in [6.45, 7) is 10.3. The maximum absolute atomic E-state index is 11.5. The monoisotopic (exact) mass is 306 g/mol. The van der Waals surface area contributed by atoms with Crippen molar-refractivity contribution in [3.8, 4) is 0 Å². The number of rotatable bonds is 6. The number of Topliss-reactive ketones (excluding diaryl/α,β-unsaturated/α-hetero) is 1. The van der Waals surface area contributed by atoms with E-state index in [0.717, 1.165) is 23.6 Å². The molecule has 21 heavy (non-hydrogen) atoms. The van der Waals surface area contributed by atoms with Gasteiger partial charge in [-0.1, -0.05) is 26.0 Å². The Kier molecular flexibility index (Phi) is 6.82. The first kappa shape index (κ1) is 17.6. The van der Waals surface area contributed by atoms with E-state index in [1.807, 2.05) is 24.3 Å². The van der Waals surface area contributed by atoms with Crippen LogP contribution in [0.3, 0.4) is 0 Å². The van der Waals surface area contributed by atoms with Crippen LogP contribution < -0.4 is 5.32 Å². The van der Waals surface area contributed by atoms with Gasteiger partial charge in [0.05, 0.1) is 0 Å². The number of carbonyl (C=O) groups excluding carboxylic acids is 1. The maximum atomic E-state index is 11.5. The standard InChI is InChI=1S/C17H26N2OS/c1-6-12(3)19(13(4)7-2)17(21)18-16-10-8-9-15(11-16)14(5)20/h8-13H,6-7H2,1-5H3,(H,18,21). The van der Waals surface area contributed by atoms with Gasteiger partial charge in [0.2, 0.25) is 0 Å².